The molecule has 2 heterocycles. The van der Waals surface area contributed by atoms with Crippen LogP contribution in [0, 0.1) is 6.92 Å². The maximum Gasteiger partial charge on any atom is 0.0907 e. The fourth-order valence-electron chi connectivity index (χ4n) is 1.85. The number of nitrogens with two attached hydrogens (primary N) is 1. The smallest absolute Gasteiger partial charge is 0.0907 e. The van der Waals surface area contributed by atoms with E-state index in [2.05, 4.69) is 27.1 Å². The molecule has 0 aliphatic heterocycles. The molecule has 3 rings (SSSR count). The summed E-state index contributed by atoms with van der Waals surface area (Å²) in [4.78, 5) is 4.48. The van der Waals surface area contributed by atoms with E-state index in [-0.39, 0.29) is 0 Å². The van der Waals surface area contributed by atoms with Crippen LogP contribution in [0.4, 0.5) is 11.4 Å². The number of thiazole rings is 1. The molecular weight excluding hydrogens is 262 g/mol. The Bertz CT molecular complexity index is 671. The van der Waals surface area contributed by atoms with E-state index in [4.69, 9.17) is 5.73 Å². The fraction of sp³-hybridized carbons (Fsp3) is 0.154. The quantitative estimate of drug-likeness (QED) is 0.714. The van der Waals surface area contributed by atoms with Crippen LogP contribution in [0.3, 0.4) is 0 Å². The normalized spacial score (nSPS) is 10.9. The maximum atomic E-state index is 6.05. The van der Waals surface area contributed by atoms with Crippen molar-refractivity contribution in [3.8, 4) is 0 Å². The van der Waals surface area contributed by atoms with Crippen LogP contribution in [0.25, 0.3) is 10.2 Å². The highest BCUT2D eigenvalue weighted by atomic mass is 32.1. The van der Waals surface area contributed by atoms with Crippen LogP contribution in [0.2, 0.25) is 0 Å². The lowest BCUT2D eigenvalue weighted by atomic mass is 10.2. The molecule has 0 aliphatic rings. The molecule has 18 heavy (non-hydrogen) atoms. The summed E-state index contributed by atoms with van der Waals surface area (Å²) in [5, 5.41) is 8.64. The fourth-order valence-corrected chi connectivity index (χ4v) is 3.37. The zero-order valence-electron chi connectivity index (χ0n) is 9.93. The Kier molecular flexibility index (Phi) is 2.93. The van der Waals surface area contributed by atoms with Gasteiger partial charge in [0, 0.05) is 6.54 Å². The van der Waals surface area contributed by atoms with Crippen LogP contribution in [-0.2, 0) is 6.54 Å². The van der Waals surface area contributed by atoms with Crippen molar-refractivity contribution in [2.75, 3.05) is 11.1 Å². The van der Waals surface area contributed by atoms with Crippen LogP contribution in [-0.4, -0.2) is 4.98 Å². The summed E-state index contributed by atoms with van der Waals surface area (Å²) in [6.07, 6.45) is 0. The zero-order valence-corrected chi connectivity index (χ0v) is 11.6. The van der Waals surface area contributed by atoms with Gasteiger partial charge in [-0.05, 0) is 41.4 Å². The van der Waals surface area contributed by atoms with Gasteiger partial charge in [0.1, 0.15) is 0 Å². The first-order chi connectivity index (χ1) is 8.72. The van der Waals surface area contributed by atoms with E-state index < -0.39 is 0 Å². The van der Waals surface area contributed by atoms with Crippen molar-refractivity contribution in [2.24, 2.45) is 0 Å². The van der Waals surface area contributed by atoms with E-state index in [1.54, 1.807) is 22.7 Å². The summed E-state index contributed by atoms with van der Waals surface area (Å²) in [6, 6.07) is 6.13. The summed E-state index contributed by atoms with van der Waals surface area (Å²) in [6.45, 7) is 2.81. The minimum absolute atomic E-state index is 0.779. The van der Waals surface area contributed by atoms with Gasteiger partial charge in [0.05, 0.1) is 26.6 Å². The van der Waals surface area contributed by atoms with E-state index in [1.165, 1.54) is 5.56 Å². The summed E-state index contributed by atoms with van der Waals surface area (Å²) < 4.78 is 1.14. The molecule has 2 aromatic heterocycles. The number of thiophene rings is 1. The van der Waals surface area contributed by atoms with Crippen molar-refractivity contribution in [1.82, 2.24) is 4.98 Å². The molecule has 0 saturated heterocycles. The molecule has 0 bridgehead atoms. The molecule has 1 aromatic carbocycles. The molecule has 0 saturated carbocycles. The molecule has 0 spiro atoms. The lowest BCUT2D eigenvalue weighted by Gasteiger charge is -2.08. The highest BCUT2D eigenvalue weighted by Crippen LogP contribution is 2.30. The lowest BCUT2D eigenvalue weighted by molar-refractivity contribution is 1.17. The van der Waals surface area contributed by atoms with Crippen molar-refractivity contribution in [1.29, 1.82) is 0 Å². The Balaban J connectivity index is 1.88. The Labute approximate surface area is 113 Å². The van der Waals surface area contributed by atoms with Crippen molar-refractivity contribution >= 4 is 44.3 Å². The van der Waals surface area contributed by atoms with Gasteiger partial charge in [-0.25, -0.2) is 4.98 Å². The second-order valence-electron chi connectivity index (χ2n) is 4.13. The predicted octanol–water partition coefficient (Wildman–Crippen LogP) is 3.86. The third kappa shape index (κ3) is 2.19. The SMILES string of the molecule is Cc1nc2cc(NCc3ccsc3)c(N)cc2s1. The number of aryl methyl sites for hydroxylation is 1. The Hall–Kier alpha value is -1.59. The number of hydrogen-bond donors (Lipinski definition) is 2. The highest BCUT2D eigenvalue weighted by molar-refractivity contribution is 7.18. The summed E-state index contributed by atoms with van der Waals surface area (Å²) >= 11 is 3.38. The molecule has 92 valence electrons. The lowest BCUT2D eigenvalue weighted by Crippen LogP contribution is -2.01. The molecule has 0 radical (unpaired) electrons. The first-order valence-corrected chi connectivity index (χ1v) is 7.40. The second-order valence-corrected chi connectivity index (χ2v) is 6.14. The monoisotopic (exact) mass is 275 g/mol. The molecule has 0 atom stereocenters. The van der Waals surface area contributed by atoms with Crippen LogP contribution >= 0.6 is 22.7 Å². The number of benzene rings is 1. The molecule has 0 fully saturated rings. The minimum atomic E-state index is 0.779. The minimum Gasteiger partial charge on any atom is -0.397 e. The summed E-state index contributed by atoms with van der Waals surface area (Å²) in [7, 11) is 0. The largest absolute Gasteiger partial charge is 0.397 e. The van der Waals surface area contributed by atoms with E-state index in [0.717, 1.165) is 33.1 Å². The van der Waals surface area contributed by atoms with E-state index in [9.17, 15) is 0 Å². The predicted molar refractivity (Wildman–Crippen MR) is 80.4 cm³/mol. The van der Waals surface area contributed by atoms with Gasteiger partial charge in [-0.2, -0.15) is 11.3 Å². The number of aromatic nitrogens is 1. The topological polar surface area (TPSA) is 50.9 Å². The van der Waals surface area contributed by atoms with E-state index in [1.807, 2.05) is 19.1 Å². The van der Waals surface area contributed by atoms with Gasteiger partial charge in [-0.3, -0.25) is 0 Å². The number of nitrogens with one attached hydrogen (secondary N) is 1. The van der Waals surface area contributed by atoms with Crippen LogP contribution < -0.4 is 11.1 Å². The Morgan fingerprint density at radius 2 is 2.28 bits per heavy atom. The van der Waals surface area contributed by atoms with E-state index >= 15 is 0 Å². The van der Waals surface area contributed by atoms with Gasteiger partial charge in [-0.1, -0.05) is 0 Å². The first kappa shape index (κ1) is 11.5. The first-order valence-electron chi connectivity index (χ1n) is 5.64. The van der Waals surface area contributed by atoms with Crippen molar-refractivity contribution in [3.63, 3.8) is 0 Å². The summed E-state index contributed by atoms with van der Waals surface area (Å²) in [5.41, 5.74) is 10.1. The molecule has 5 heteroatoms. The highest BCUT2D eigenvalue weighted by Gasteiger charge is 2.06. The van der Waals surface area contributed by atoms with Gasteiger partial charge in [0.25, 0.3) is 0 Å². The number of rotatable bonds is 3. The molecule has 3 aromatic rings. The number of nitrogen functional groups attached to an aromatic ring is 1. The average molecular weight is 275 g/mol. The maximum absolute atomic E-state index is 6.05. The third-order valence-electron chi connectivity index (χ3n) is 2.73. The van der Waals surface area contributed by atoms with Crippen molar-refractivity contribution < 1.29 is 0 Å². The zero-order chi connectivity index (χ0) is 12.5. The van der Waals surface area contributed by atoms with Gasteiger partial charge in [-0.15, -0.1) is 11.3 Å². The van der Waals surface area contributed by atoms with Crippen molar-refractivity contribution in [3.05, 3.63) is 39.5 Å². The standard InChI is InChI=1S/C13H13N3S2/c1-8-16-12-5-11(10(14)4-13(12)18-8)15-6-9-2-3-17-7-9/h2-5,7,15H,6,14H2,1H3. The Morgan fingerprint density at radius 1 is 1.39 bits per heavy atom. The summed E-state index contributed by atoms with van der Waals surface area (Å²) in [5.74, 6) is 0. The van der Waals surface area contributed by atoms with Gasteiger partial charge < -0.3 is 11.1 Å². The van der Waals surface area contributed by atoms with Gasteiger partial charge in [0.2, 0.25) is 0 Å². The average Bonchev–Trinajstić information content (AvgIpc) is 2.94. The Morgan fingerprint density at radius 3 is 3.06 bits per heavy atom. The van der Waals surface area contributed by atoms with Gasteiger partial charge >= 0.3 is 0 Å². The molecule has 3 nitrogen and oxygen atoms in total. The van der Waals surface area contributed by atoms with Crippen LogP contribution in [0.5, 0.6) is 0 Å². The molecule has 0 unspecified atom stereocenters. The van der Waals surface area contributed by atoms with Crippen LogP contribution in [0.1, 0.15) is 10.6 Å². The number of fused-ring (bicyclic) bond motifs is 1. The second kappa shape index (κ2) is 4.59. The molecule has 0 aliphatic carbocycles. The third-order valence-corrected chi connectivity index (χ3v) is 4.40. The molecule has 3 N–H and O–H groups in total. The molecular formula is C13H13N3S2. The van der Waals surface area contributed by atoms with E-state index in [0.29, 0.717) is 0 Å². The van der Waals surface area contributed by atoms with Gasteiger partial charge in [0.15, 0.2) is 0 Å². The van der Waals surface area contributed by atoms with Crippen molar-refractivity contribution in [2.45, 2.75) is 13.5 Å². The molecule has 0 amide bonds. The number of anilines is 2. The number of hydrogen-bond acceptors (Lipinski definition) is 5. The number of nitrogens with zero attached hydrogens (tertiary/aromatic N) is 1. The van der Waals surface area contributed by atoms with Crippen LogP contribution in [0.15, 0.2) is 29.0 Å².